The average molecular weight is 231 g/mol. The molecular weight excluding hydrogens is 218 g/mol. The molecule has 0 aliphatic rings. The molecule has 0 amide bonds. The molecular formula is C12H13N3O2. The van der Waals surface area contributed by atoms with Crippen molar-refractivity contribution in [3.63, 3.8) is 0 Å². The number of aromatic nitrogens is 2. The standard InChI is InChI=1S/C12H13N3O2/c1-6-3-7(2)9(12(16)17)4-8(6)10-5-14-15-11(10)13/h3-5H,1-2H3,(H,16,17)(H3,13,14,15). The fourth-order valence-corrected chi connectivity index (χ4v) is 1.88. The van der Waals surface area contributed by atoms with Gasteiger partial charge in [-0.15, -0.1) is 0 Å². The third-order valence-corrected chi connectivity index (χ3v) is 2.76. The summed E-state index contributed by atoms with van der Waals surface area (Å²) in [6.07, 6.45) is 1.60. The van der Waals surface area contributed by atoms with E-state index in [1.165, 1.54) is 0 Å². The van der Waals surface area contributed by atoms with Gasteiger partial charge in [0.25, 0.3) is 0 Å². The molecule has 5 nitrogen and oxygen atoms in total. The van der Waals surface area contributed by atoms with Crippen LogP contribution in [0.2, 0.25) is 0 Å². The molecule has 17 heavy (non-hydrogen) atoms. The monoisotopic (exact) mass is 231 g/mol. The Labute approximate surface area is 98.3 Å². The van der Waals surface area contributed by atoms with E-state index < -0.39 is 5.97 Å². The molecule has 4 N–H and O–H groups in total. The first kappa shape index (κ1) is 11.2. The van der Waals surface area contributed by atoms with E-state index in [0.29, 0.717) is 5.82 Å². The maximum atomic E-state index is 11.1. The van der Waals surface area contributed by atoms with Gasteiger partial charge in [-0.05, 0) is 36.6 Å². The normalized spacial score (nSPS) is 10.5. The number of nitrogens with zero attached hydrogens (tertiary/aromatic N) is 1. The third kappa shape index (κ3) is 1.87. The van der Waals surface area contributed by atoms with Gasteiger partial charge in [0.15, 0.2) is 0 Å². The molecule has 5 heteroatoms. The fourth-order valence-electron chi connectivity index (χ4n) is 1.88. The average Bonchev–Trinajstić information content (AvgIpc) is 2.64. The lowest BCUT2D eigenvalue weighted by molar-refractivity contribution is 0.0696. The molecule has 1 aromatic heterocycles. The fraction of sp³-hybridized carbons (Fsp3) is 0.167. The Morgan fingerprint density at radius 1 is 1.29 bits per heavy atom. The number of carboxylic acid groups (broad SMARTS) is 1. The highest BCUT2D eigenvalue weighted by Crippen LogP contribution is 2.29. The number of carbonyl (C=O) groups is 1. The van der Waals surface area contributed by atoms with Gasteiger partial charge in [0.1, 0.15) is 5.82 Å². The molecule has 2 rings (SSSR count). The van der Waals surface area contributed by atoms with Gasteiger partial charge in [-0.2, -0.15) is 5.10 Å². The maximum Gasteiger partial charge on any atom is 0.335 e. The number of anilines is 1. The van der Waals surface area contributed by atoms with Gasteiger partial charge < -0.3 is 10.8 Å². The number of nitrogens with one attached hydrogen (secondary N) is 1. The van der Waals surface area contributed by atoms with Gasteiger partial charge in [0, 0.05) is 5.56 Å². The minimum atomic E-state index is -0.939. The van der Waals surface area contributed by atoms with Crippen molar-refractivity contribution in [3.8, 4) is 11.1 Å². The summed E-state index contributed by atoms with van der Waals surface area (Å²) in [5.74, 6) is -0.501. The molecule has 2 aromatic rings. The summed E-state index contributed by atoms with van der Waals surface area (Å²) in [7, 11) is 0. The summed E-state index contributed by atoms with van der Waals surface area (Å²) in [6, 6.07) is 3.47. The van der Waals surface area contributed by atoms with Crippen LogP contribution in [0.1, 0.15) is 21.5 Å². The van der Waals surface area contributed by atoms with Gasteiger partial charge in [-0.3, -0.25) is 5.10 Å². The molecule has 0 aliphatic carbocycles. The second-order valence-corrected chi connectivity index (χ2v) is 3.98. The zero-order valence-corrected chi connectivity index (χ0v) is 9.61. The lowest BCUT2D eigenvalue weighted by Crippen LogP contribution is -2.01. The SMILES string of the molecule is Cc1cc(C)c(-c2cn[nH]c2N)cc1C(=O)O. The smallest absolute Gasteiger partial charge is 0.335 e. The van der Waals surface area contributed by atoms with E-state index in [1.807, 2.05) is 13.0 Å². The minimum Gasteiger partial charge on any atom is -0.478 e. The predicted molar refractivity (Wildman–Crippen MR) is 64.9 cm³/mol. The van der Waals surface area contributed by atoms with Crippen molar-refractivity contribution in [1.29, 1.82) is 0 Å². The van der Waals surface area contributed by atoms with Crippen molar-refractivity contribution in [2.24, 2.45) is 0 Å². The van der Waals surface area contributed by atoms with Gasteiger partial charge in [0.2, 0.25) is 0 Å². The second-order valence-electron chi connectivity index (χ2n) is 3.98. The highest BCUT2D eigenvalue weighted by Gasteiger charge is 2.14. The molecule has 0 radical (unpaired) electrons. The van der Waals surface area contributed by atoms with E-state index in [9.17, 15) is 4.79 Å². The molecule has 1 heterocycles. The molecule has 0 unspecified atom stereocenters. The number of carboxylic acids is 1. The number of hydrogen-bond acceptors (Lipinski definition) is 3. The molecule has 88 valence electrons. The zero-order chi connectivity index (χ0) is 12.6. The lowest BCUT2D eigenvalue weighted by atomic mass is 9.96. The van der Waals surface area contributed by atoms with Gasteiger partial charge >= 0.3 is 5.97 Å². The molecule has 0 atom stereocenters. The van der Waals surface area contributed by atoms with Gasteiger partial charge in [0.05, 0.1) is 11.8 Å². The number of benzene rings is 1. The van der Waals surface area contributed by atoms with Gasteiger partial charge in [-0.25, -0.2) is 4.79 Å². The van der Waals surface area contributed by atoms with E-state index in [-0.39, 0.29) is 5.56 Å². The van der Waals surface area contributed by atoms with Crippen LogP contribution in [0.4, 0.5) is 5.82 Å². The van der Waals surface area contributed by atoms with Crippen molar-refractivity contribution in [3.05, 3.63) is 35.0 Å². The zero-order valence-electron chi connectivity index (χ0n) is 9.61. The third-order valence-electron chi connectivity index (χ3n) is 2.76. The van der Waals surface area contributed by atoms with Crippen LogP contribution in [0.15, 0.2) is 18.3 Å². The van der Waals surface area contributed by atoms with Crippen molar-refractivity contribution in [1.82, 2.24) is 10.2 Å². The topological polar surface area (TPSA) is 92.0 Å². The number of rotatable bonds is 2. The van der Waals surface area contributed by atoms with Crippen molar-refractivity contribution >= 4 is 11.8 Å². The second kappa shape index (κ2) is 3.93. The van der Waals surface area contributed by atoms with Crippen LogP contribution in [0.3, 0.4) is 0 Å². The Hall–Kier alpha value is -2.30. The first-order valence-corrected chi connectivity index (χ1v) is 5.14. The highest BCUT2D eigenvalue weighted by atomic mass is 16.4. The van der Waals surface area contributed by atoms with Crippen molar-refractivity contribution in [2.75, 3.05) is 5.73 Å². The van der Waals surface area contributed by atoms with E-state index in [4.69, 9.17) is 10.8 Å². The number of H-pyrrole nitrogens is 1. The Morgan fingerprint density at radius 2 is 2.00 bits per heavy atom. The quantitative estimate of drug-likeness (QED) is 0.736. The summed E-state index contributed by atoms with van der Waals surface area (Å²) in [5.41, 5.74) is 9.25. The largest absolute Gasteiger partial charge is 0.478 e. The number of nitrogen functional groups attached to an aromatic ring is 1. The molecule has 1 aromatic carbocycles. The highest BCUT2D eigenvalue weighted by molar-refractivity contribution is 5.92. The number of aromatic amines is 1. The molecule has 0 saturated carbocycles. The summed E-state index contributed by atoms with van der Waals surface area (Å²) >= 11 is 0. The number of nitrogens with two attached hydrogens (primary N) is 1. The Balaban J connectivity index is 2.67. The summed E-state index contributed by atoms with van der Waals surface area (Å²) in [5, 5.41) is 15.6. The van der Waals surface area contributed by atoms with Crippen LogP contribution in [0.25, 0.3) is 11.1 Å². The molecule has 0 bridgehead atoms. The van der Waals surface area contributed by atoms with Crippen LogP contribution in [0.5, 0.6) is 0 Å². The first-order valence-electron chi connectivity index (χ1n) is 5.14. The minimum absolute atomic E-state index is 0.284. The first-order chi connectivity index (χ1) is 8.00. The van der Waals surface area contributed by atoms with Crippen LogP contribution in [-0.2, 0) is 0 Å². The molecule has 0 saturated heterocycles. The van der Waals surface area contributed by atoms with Crippen LogP contribution >= 0.6 is 0 Å². The van der Waals surface area contributed by atoms with Crippen LogP contribution in [-0.4, -0.2) is 21.3 Å². The summed E-state index contributed by atoms with van der Waals surface area (Å²) in [4.78, 5) is 11.1. The van der Waals surface area contributed by atoms with Crippen molar-refractivity contribution in [2.45, 2.75) is 13.8 Å². The van der Waals surface area contributed by atoms with E-state index in [1.54, 1.807) is 19.2 Å². The Kier molecular flexibility index (Phi) is 2.59. The van der Waals surface area contributed by atoms with E-state index in [0.717, 1.165) is 22.3 Å². The Morgan fingerprint density at radius 3 is 2.53 bits per heavy atom. The predicted octanol–water partition coefficient (Wildman–Crippen LogP) is 1.97. The summed E-state index contributed by atoms with van der Waals surface area (Å²) in [6.45, 7) is 3.69. The Bertz CT molecular complexity index is 587. The van der Waals surface area contributed by atoms with Crippen molar-refractivity contribution < 1.29 is 9.90 Å². The van der Waals surface area contributed by atoms with Crippen LogP contribution < -0.4 is 5.73 Å². The molecule has 0 spiro atoms. The summed E-state index contributed by atoms with van der Waals surface area (Å²) < 4.78 is 0. The molecule has 0 aliphatic heterocycles. The van der Waals surface area contributed by atoms with Crippen LogP contribution in [0, 0.1) is 13.8 Å². The number of aryl methyl sites for hydroxylation is 2. The van der Waals surface area contributed by atoms with E-state index >= 15 is 0 Å². The lowest BCUT2D eigenvalue weighted by Gasteiger charge is -2.09. The maximum absolute atomic E-state index is 11.1. The number of aromatic carboxylic acids is 1. The van der Waals surface area contributed by atoms with Gasteiger partial charge in [-0.1, -0.05) is 6.07 Å². The number of hydrogen-bond donors (Lipinski definition) is 3. The molecule has 0 fully saturated rings. The van der Waals surface area contributed by atoms with E-state index in [2.05, 4.69) is 10.2 Å².